The Morgan fingerprint density at radius 2 is 1.90 bits per heavy atom. The van der Waals surface area contributed by atoms with Crippen LogP contribution in [0.1, 0.15) is 0 Å². The van der Waals surface area contributed by atoms with Gasteiger partial charge in [0.15, 0.2) is 14.9 Å². The third kappa shape index (κ3) is 3.93. The van der Waals surface area contributed by atoms with E-state index in [1.807, 2.05) is 6.07 Å². The van der Waals surface area contributed by atoms with E-state index in [0.29, 0.717) is 10.4 Å². The summed E-state index contributed by atoms with van der Waals surface area (Å²) in [5.74, 6) is 0. The van der Waals surface area contributed by atoms with Crippen LogP contribution in [0.4, 0.5) is 10.5 Å². The molecule has 1 aromatic carbocycles. The predicted octanol–water partition coefficient (Wildman–Crippen LogP) is 1.26. The van der Waals surface area contributed by atoms with E-state index in [1.54, 1.807) is 24.3 Å². The number of pyridine rings is 1. The van der Waals surface area contributed by atoms with Crippen LogP contribution in [0.2, 0.25) is 0 Å². The van der Waals surface area contributed by atoms with Crippen molar-refractivity contribution in [2.45, 2.75) is 5.03 Å². The second-order valence-corrected chi connectivity index (χ2v) is 6.21. The number of anilines is 1. The highest BCUT2D eigenvalue weighted by Crippen LogP contribution is 2.05. The van der Waals surface area contributed by atoms with Gasteiger partial charge in [0.25, 0.3) is 0 Å². The molecule has 0 fully saturated rings. The van der Waals surface area contributed by atoms with Gasteiger partial charge in [0, 0.05) is 24.2 Å². The van der Waals surface area contributed by atoms with E-state index < -0.39 is 15.9 Å². The number of carbonyl (C=O) groups is 1. The van der Waals surface area contributed by atoms with Crippen LogP contribution in [0.3, 0.4) is 0 Å². The Morgan fingerprint density at radius 3 is 2.52 bits per heavy atom. The van der Waals surface area contributed by atoms with Crippen LogP contribution in [-0.2, 0) is 9.84 Å². The second kappa shape index (κ2) is 5.80. The highest BCUT2D eigenvalue weighted by Gasteiger charge is 2.11. The van der Waals surface area contributed by atoms with Crippen LogP contribution in [0, 0.1) is 0 Å². The van der Waals surface area contributed by atoms with Gasteiger partial charge in [0.2, 0.25) is 0 Å². The van der Waals surface area contributed by atoms with Gasteiger partial charge in [-0.05, 0) is 18.2 Å². The zero-order chi connectivity index (χ0) is 15.5. The van der Waals surface area contributed by atoms with Crippen molar-refractivity contribution in [1.82, 2.24) is 4.73 Å². The Hall–Kier alpha value is -2.61. The number of aromatic nitrogens is 1. The summed E-state index contributed by atoms with van der Waals surface area (Å²) in [4.78, 5) is 15.5. The van der Waals surface area contributed by atoms with Gasteiger partial charge in [-0.3, -0.25) is 0 Å². The Bertz CT molecular complexity index is 826. The molecule has 7 nitrogen and oxygen atoms in total. The molecule has 0 atom stereocenters. The number of carbonyl (C=O) groups excluding carboxylic acids is 1. The first-order chi connectivity index (χ1) is 9.86. The molecule has 1 heterocycles. The van der Waals surface area contributed by atoms with Crippen molar-refractivity contribution in [2.24, 2.45) is 4.99 Å². The number of rotatable bonds is 2. The first kappa shape index (κ1) is 14.8. The van der Waals surface area contributed by atoms with Gasteiger partial charge in [-0.25, -0.2) is 13.2 Å². The summed E-state index contributed by atoms with van der Waals surface area (Å²) >= 11 is 0. The van der Waals surface area contributed by atoms with Gasteiger partial charge >= 0.3 is 6.03 Å². The molecule has 0 spiro atoms. The second-order valence-electron chi connectivity index (χ2n) is 4.25. The van der Waals surface area contributed by atoms with Gasteiger partial charge in [-0.1, -0.05) is 18.2 Å². The normalized spacial score (nSPS) is 12.1. The molecule has 0 aliphatic carbocycles. The molecule has 0 radical (unpaired) electrons. The monoisotopic (exact) mass is 307 g/mol. The Balaban J connectivity index is 2.32. The number of hydrogen-bond donors (Lipinski definition) is 2. The summed E-state index contributed by atoms with van der Waals surface area (Å²) < 4.78 is 23.4. The van der Waals surface area contributed by atoms with Crippen LogP contribution >= 0.6 is 0 Å². The fourth-order valence-corrected chi connectivity index (χ4v) is 2.33. The molecule has 0 aliphatic heterocycles. The van der Waals surface area contributed by atoms with Crippen LogP contribution in [0.15, 0.2) is 58.7 Å². The van der Waals surface area contributed by atoms with Crippen molar-refractivity contribution in [2.75, 3.05) is 11.6 Å². The third-order valence-electron chi connectivity index (χ3n) is 2.52. The SMILES string of the molecule is CS(=O)(=O)c1cc(=NC(=O)Nc2ccccc2)ccn1O. The van der Waals surface area contributed by atoms with Gasteiger partial charge in [0.1, 0.15) is 0 Å². The lowest BCUT2D eigenvalue weighted by atomic mass is 10.3. The van der Waals surface area contributed by atoms with E-state index in [-0.39, 0.29) is 10.4 Å². The number of benzene rings is 1. The van der Waals surface area contributed by atoms with E-state index >= 15 is 0 Å². The summed E-state index contributed by atoms with van der Waals surface area (Å²) in [7, 11) is -3.63. The van der Waals surface area contributed by atoms with E-state index in [1.165, 1.54) is 6.07 Å². The number of hydrogen-bond acceptors (Lipinski definition) is 4. The molecule has 2 rings (SSSR count). The topological polar surface area (TPSA) is 101 Å². The third-order valence-corrected chi connectivity index (χ3v) is 3.58. The first-order valence-corrected chi connectivity index (χ1v) is 7.78. The smallest absolute Gasteiger partial charge is 0.345 e. The molecule has 8 heteroatoms. The number of sulfone groups is 1. The Labute approximate surface area is 121 Å². The van der Waals surface area contributed by atoms with Gasteiger partial charge in [0.05, 0.1) is 5.36 Å². The molecule has 0 unspecified atom stereocenters. The highest BCUT2D eigenvalue weighted by atomic mass is 32.2. The van der Waals surface area contributed by atoms with Crippen molar-refractivity contribution in [1.29, 1.82) is 0 Å². The number of nitrogens with one attached hydrogen (secondary N) is 1. The Kier molecular flexibility index (Phi) is 4.08. The van der Waals surface area contributed by atoms with Gasteiger partial charge < -0.3 is 10.5 Å². The molecule has 0 aliphatic rings. The molecule has 21 heavy (non-hydrogen) atoms. The molecule has 0 saturated carbocycles. The number of amides is 2. The molecular formula is C13H13N3O4S. The fourth-order valence-electron chi connectivity index (χ4n) is 1.60. The minimum absolute atomic E-state index is 0.120. The van der Waals surface area contributed by atoms with Crippen LogP contribution in [0.25, 0.3) is 0 Å². The van der Waals surface area contributed by atoms with Gasteiger partial charge in [-0.2, -0.15) is 9.72 Å². The summed E-state index contributed by atoms with van der Waals surface area (Å²) in [5, 5.41) is 11.7. The zero-order valence-electron chi connectivity index (χ0n) is 11.1. The Morgan fingerprint density at radius 1 is 1.24 bits per heavy atom. The minimum Gasteiger partial charge on any atom is -0.428 e. The van der Waals surface area contributed by atoms with Crippen molar-refractivity contribution in [3.05, 3.63) is 54.0 Å². The minimum atomic E-state index is -3.63. The van der Waals surface area contributed by atoms with Crippen molar-refractivity contribution in [3.8, 4) is 0 Å². The van der Waals surface area contributed by atoms with Crippen LogP contribution in [0.5, 0.6) is 0 Å². The van der Waals surface area contributed by atoms with Crippen molar-refractivity contribution < 1.29 is 18.4 Å². The lowest BCUT2D eigenvalue weighted by Gasteiger charge is -2.04. The zero-order valence-corrected chi connectivity index (χ0v) is 11.9. The van der Waals surface area contributed by atoms with E-state index in [0.717, 1.165) is 18.5 Å². The first-order valence-electron chi connectivity index (χ1n) is 5.89. The van der Waals surface area contributed by atoms with Crippen LogP contribution in [-0.4, -0.2) is 30.6 Å². The van der Waals surface area contributed by atoms with Crippen molar-refractivity contribution >= 4 is 21.6 Å². The number of urea groups is 1. The standard InChI is InChI=1S/C13H13N3O4S/c1-21(19,20)12-9-11(7-8-16(12)18)15-13(17)14-10-5-3-2-4-6-10/h2-9,18H,1H3,(H,14,17). The lowest BCUT2D eigenvalue weighted by Crippen LogP contribution is -2.17. The summed E-state index contributed by atoms with van der Waals surface area (Å²) in [6, 6.07) is 10.5. The van der Waals surface area contributed by atoms with E-state index in [4.69, 9.17) is 0 Å². The average Bonchev–Trinajstić information content (AvgIpc) is 2.41. The maximum Gasteiger partial charge on any atom is 0.345 e. The molecule has 1 aromatic heterocycles. The number of para-hydroxylation sites is 1. The summed E-state index contributed by atoms with van der Waals surface area (Å²) in [6.07, 6.45) is 2.05. The molecule has 110 valence electrons. The molecule has 2 amide bonds. The highest BCUT2D eigenvalue weighted by molar-refractivity contribution is 7.90. The van der Waals surface area contributed by atoms with E-state index in [9.17, 15) is 18.4 Å². The molecular weight excluding hydrogens is 294 g/mol. The maximum atomic E-state index is 11.7. The molecule has 2 aromatic rings. The summed E-state index contributed by atoms with van der Waals surface area (Å²) in [6.45, 7) is 0. The molecule has 0 bridgehead atoms. The van der Waals surface area contributed by atoms with Crippen LogP contribution < -0.4 is 10.7 Å². The molecule has 2 N–H and O–H groups in total. The average molecular weight is 307 g/mol. The molecule has 0 saturated heterocycles. The fraction of sp³-hybridized carbons (Fsp3) is 0.0769. The predicted molar refractivity (Wildman–Crippen MR) is 75.8 cm³/mol. The summed E-state index contributed by atoms with van der Waals surface area (Å²) in [5.41, 5.74) is 0.572. The van der Waals surface area contributed by atoms with E-state index in [2.05, 4.69) is 10.3 Å². The van der Waals surface area contributed by atoms with Gasteiger partial charge in [-0.15, -0.1) is 0 Å². The largest absolute Gasteiger partial charge is 0.428 e. The number of nitrogens with zero attached hydrogens (tertiary/aromatic N) is 2. The lowest BCUT2D eigenvalue weighted by molar-refractivity contribution is 0.157. The quantitative estimate of drug-likeness (QED) is 0.816. The maximum absolute atomic E-state index is 11.7. The van der Waals surface area contributed by atoms with Crippen molar-refractivity contribution in [3.63, 3.8) is 0 Å².